The van der Waals surface area contributed by atoms with E-state index < -0.39 is 5.91 Å². The molecule has 0 atom stereocenters. The van der Waals surface area contributed by atoms with Crippen LogP contribution in [0.4, 0.5) is 5.69 Å². The molecular weight excluding hydrogens is 340 g/mol. The number of hydrogen-bond acceptors (Lipinski definition) is 3. The van der Waals surface area contributed by atoms with Crippen LogP contribution in [0.2, 0.25) is 0 Å². The Morgan fingerprint density at radius 2 is 1.30 bits per heavy atom. The van der Waals surface area contributed by atoms with Gasteiger partial charge < -0.3 is 16.2 Å². The highest BCUT2D eigenvalue weighted by molar-refractivity contribution is 6.05. The van der Waals surface area contributed by atoms with E-state index >= 15 is 0 Å². The Kier molecular flexibility index (Phi) is 5.36. The van der Waals surface area contributed by atoms with Crippen molar-refractivity contribution in [3.8, 4) is 5.75 Å². The molecule has 4 N–H and O–H groups in total. The highest BCUT2D eigenvalue weighted by Crippen LogP contribution is 2.39. The minimum atomic E-state index is -0.518. The molecule has 0 bridgehead atoms. The van der Waals surface area contributed by atoms with Gasteiger partial charge in [0.15, 0.2) is 0 Å². The summed E-state index contributed by atoms with van der Waals surface area (Å²) >= 11 is 0. The van der Waals surface area contributed by atoms with Crippen LogP contribution >= 0.6 is 0 Å². The molecule has 0 heterocycles. The molecule has 5 heteroatoms. The van der Waals surface area contributed by atoms with Crippen LogP contribution in [0.5, 0.6) is 5.75 Å². The van der Waals surface area contributed by atoms with Crippen LogP contribution in [-0.2, 0) is 10.8 Å². The van der Waals surface area contributed by atoms with Crippen molar-refractivity contribution < 1.29 is 14.7 Å². The maximum atomic E-state index is 12.8. The third kappa shape index (κ3) is 4.67. The SMILES string of the molecule is CC(C)(C)c1cc(C(=O)Nc2ccc(C(N)=O)cc2)cc(C(C)(C)C)c1O. The molecule has 0 saturated carbocycles. The number of amides is 2. The van der Waals surface area contributed by atoms with E-state index in [0.717, 1.165) is 11.1 Å². The van der Waals surface area contributed by atoms with E-state index in [1.807, 2.05) is 41.5 Å². The number of rotatable bonds is 3. The number of nitrogens with two attached hydrogens (primary N) is 1. The lowest BCUT2D eigenvalue weighted by atomic mass is 9.78. The molecule has 0 radical (unpaired) electrons. The Morgan fingerprint density at radius 1 is 0.852 bits per heavy atom. The van der Waals surface area contributed by atoms with Gasteiger partial charge in [-0.25, -0.2) is 0 Å². The Balaban J connectivity index is 2.44. The van der Waals surface area contributed by atoms with Crippen molar-refractivity contribution in [1.29, 1.82) is 0 Å². The van der Waals surface area contributed by atoms with Crippen LogP contribution < -0.4 is 11.1 Å². The fourth-order valence-corrected chi connectivity index (χ4v) is 2.83. The first-order valence-electron chi connectivity index (χ1n) is 8.90. The first kappa shape index (κ1) is 20.5. The lowest BCUT2D eigenvalue weighted by Gasteiger charge is -2.28. The molecule has 0 aliphatic carbocycles. The van der Waals surface area contributed by atoms with Crippen LogP contribution in [0.1, 0.15) is 73.4 Å². The van der Waals surface area contributed by atoms with Gasteiger partial charge in [-0.2, -0.15) is 0 Å². The van der Waals surface area contributed by atoms with Gasteiger partial charge in [-0.1, -0.05) is 41.5 Å². The van der Waals surface area contributed by atoms with Crippen LogP contribution in [-0.4, -0.2) is 16.9 Å². The minimum Gasteiger partial charge on any atom is -0.507 e. The number of carbonyl (C=O) groups is 2. The maximum absolute atomic E-state index is 12.8. The number of phenolic OH excluding ortho intramolecular Hbond substituents is 1. The van der Waals surface area contributed by atoms with E-state index in [1.54, 1.807) is 36.4 Å². The number of primary amides is 1. The van der Waals surface area contributed by atoms with Crippen molar-refractivity contribution >= 4 is 17.5 Å². The first-order chi connectivity index (χ1) is 12.3. The predicted molar refractivity (Wildman–Crippen MR) is 108 cm³/mol. The van der Waals surface area contributed by atoms with Crippen molar-refractivity contribution in [3.05, 3.63) is 58.7 Å². The monoisotopic (exact) mass is 368 g/mol. The zero-order valence-electron chi connectivity index (χ0n) is 16.8. The van der Waals surface area contributed by atoms with Crippen LogP contribution in [0.25, 0.3) is 0 Å². The van der Waals surface area contributed by atoms with Crippen molar-refractivity contribution in [3.63, 3.8) is 0 Å². The van der Waals surface area contributed by atoms with Gasteiger partial charge in [0, 0.05) is 27.9 Å². The highest BCUT2D eigenvalue weighted by Gasteiger charge is 2.27. The van der Waals surface area contributed by atoms with Gasteiger partial charge in [-0.05, 0) is 47.2 Å². The van der Waals surface area contributed by atoms with Gasteiger partial charge in [0.2, 0.25) is 5.91 Å². The summed E-state index contributed by atoms with van der Waals surface area (Å²) in [5, 5.41) is 13.6. The molecule has 0 aromatic heterocycles. The Bertz CT molecular complexity index is 835. The van der Waals surface area contributed by atoms with Gasteiger partial charge >= 0.3 is 0 Å². The van der Waals surface area contributed by atoms with Gasteiger partial charge in [0.25, 0.3) is 5.91 Å². The zero-order valence-corrected chi connectivity index (χ0v) is 16.8. The average Bonchev–Trinajstić information content (AvgIpc) is 2.53. The molecule has 2 aromatic carbocycles. The van der Waals surface area contributed by atoms with E-state index in [9.17, 15) is 14.7 Å². The summed E-state index contributed by atoms with van der Waals surface area (Å²) in [6.45, 7) is 12.0. The summed E-state index contributed by atoms with van der Waals surface area (Å²) < 4.78 is 0. The van der Waals surface area contributed by atoms with Gasteiger partial charge in [0.1, 0.15) is 5.75 Å². The molecule has 2 rings (SSSR count). The normalized spacial score (nSPS) is 11.9. The largest absolute Gasteiger partial charge is 0.507 e. The molecule has 2 amide bonds. The van der Waals surface area contributed by atoms with E-state index in [-0.39, 0.29) is 22.5 Å². The highest BCUT2D eigenvalue weighted by atomic mass is 16.3. The summed E-state index contributed by atoms with van der Waals surface area (Å²) in [5.74, 6) is -0.564. The quantitative estimate of drug-likeness (QED) is 0.752. The molecule has 0 spiro atoms. The van der Waals surface area contributed by atoms with Gasteiger partial charge in [-0.3, -0.25) is 9.59 Å². The lowest BCUT2D eigenvalue weighted by molar-refractivity contribution is 0.0998. The fraction of sp³-hybridized carbons (Fsp3) is 0.364. The second kappa shape index (κ2) is 7.06. The third-order valence-corrected chi connectivity index (χ3v) is 4.42. The van der Waals surface area contributed by atoms with Crippen LogP contribution in [0, 0.1) is 0 Å². The number of benzene rings is 2. The number of carbonyl (C=O) groups excluding carboxylic acids is 2. The number of aromatic hydroxyl groups is 1. The van der Waals surface area contributed by atoms with Crippen molar-refractivity contribution in [2.45, 2.75) is 52.4 Å². The van der Waals surface area contributed by atoms with E-state index in [1.165, 1.54) is 0 Å². The molecule has 27 heavy (non-hydrogen) atoms. The maximum Gasteiger partial charge on any atom is 0.255 e. The molecule has 0 aliphatic heterocycles. The molecular formula is C22H28N2O3. The van der Waals surface area contributed by atoms with Crippen molar-refractivity contribution in [2.75, 3.05) is 5.32 Å². The molecule has 0 saturated heterocycles. The predicted octanol–water partition coefficient (Wildman–Crippen LogP) is 4.34. The molecule has 5 nitrogen and oxygen atoms in total. The average molecular weight is 368 g/mol. The van der Waals surface area contributed by atoms with Crippen LogP contribution in [0.3, 0.4) is 0 Å². The van der Waals surface area contributed by atoms with E-state index in [2.05, 4.69) is 5.32 Å². The van der Waals surface area contributed by atoms with E-state index in [4.69, 9.17) is 5.73 Å². The number of phenols is 1. The Hall–Kier alpha value is -2.82. The number of anilines is 1. The smallest absolute Gasteiger partial charge is 0.255 e. The van der Waals surface area contributed by atoms with Crippen LogP contribution in [0.15, 0.2) is 36.4 Å². The zero-order chi connectivity index (χ0) is 20.6. The molecule has 0 fully saturated rings. The molecule has 0 aliphatic rings. The summed E-state index contributed by atoms with van der Waals surface area (Å²) in [6.07, 6.45) is 0. The van der Waals surface area contributed by atoms with Crippen molar-refractivity contribution in [1.82, 2.24) is 0 Å². The van der Waals surface area contributed by atoms with E-state index in [0.29, 0.717) is 16.8 Å². The topological polar surface area (TPSA) is 92.4 Å². The van der Waals surface area contributed by atoms with Gasteiger partial charge in [-0.15, -0.1) is 0 Å². The fourth-order valence-electron chi connectivity index (χ4n) is 2.83. The Morgan fingerprint density at radius 3 is 1.67 bits per heavy atom. The summed E-state index contributed by atoms with van der Waals surface area (Å²) in [6, 6.07) is 9.86. The second-order valence-electron chi connectivity index (χ2n) is 8.82. The number of hydrogen-bond donors (Lipinski definition) is 3. The summed E-state index contributed by atoms with van der Waals surface area (Å²) in [4.78, 5) is 24.0. The van der Waals surface area contributed by atoms with Crippen molar-refractivity contribution in [2.24, 2.45) is 5.73 Å². The molecule has 2 aromatic rings. The summed E-state index contributed by atoms with van der Waals surface area (Å²) in [5.41, 5.74) is 7.47. The summed E-state index contributed by atoms with van der Waals surface area (Å²) in [7, 11) is 0. The second-order valence-corrected chi connectivity index (χ2v) is 8.82. The van der Waals surface area contributed by atoms with Gasteiger partial charge in [0.05, 0.1) is 0 Å². The molecule has 144 valence electrons. The first-order valence-corrected chi connectivity index (χ1v) is 8.90. The minimum absolute atomic E-state index is 0.234. The molecule has 0 unspecified atom stereocenters. The lowest BCUT2D eigenvalue weighted by Crippen LogP contribution is -2.20. The standard InChI is InChI=1S/C22H28N2O3/c1-21(2,3)16-11-14(12-17(18(16)25)22(4,5)6)20(27)24-15-9-7-13(8-10-15)19(23)26/h7-12,25H,1-6H3,(H2,23,26)(H,24,27). The third-order valence-electron chi connectivity index (χ3n) is 4.42. The Labute approximate surface area is 160 Å². The number of nitrogens with one attached hydrogen (secondary N) is 1.